The minimum Gasteiger partial charge on any atom is -0.377 e. The van der Waals surface area contributed by atoms with Crippen molar-refractivity contribution in [2.75, 3.05) is 328 Å². The smallest absolute Gasteiger partial charge is 0.253 e. The lowest BCUT2D eigenvalue weighted by atomic mass is 10.0. The summed E-state index contributed by atoms with van der Waals surface area (Å²) in [4.78, 5) is 63.5. The molecule has 32 heteroatoms. The highest BCUT2D eigenvalue weighted by Crippen LogP contribution is 2.26. The summed E-state index contributed by atoms with van der Waals surface area (Å²) in [5.74, 6) is 4.99. The van der Waals surface area contributed by atoms with Gasteiger partial charge in [-0.25, -0.2) is 0 Å². The predicted octanol–water partition coefficient (Wildman–Crippen LogP) is 1.64. The van der Waals surface area contributed by atoms with Gasteiger partial charge in [0.1, 0.15) is 0 Å². The Labute approximate surface area is 624 Å². The molecule has 4 rings (SSSR count). The van der Waals surface area contributed by atoms with Gasteiger partial charge < -0.3 is 124 Å². The van der Waals surface area contributed by atoms with Gasteiger partial charge in [-0.15, -0.1) is 0 Å². The fourth-order valence-corrected chi connectivity index (χ4v) is 9.07. The SMILES string of the molecule is O=C(CCC(=O)N1Cc2ccccc2C#Cc2ccccc21)NCCOCCOCCOCCOCCOCCOCCOCCOCCOCCOCCOCCOCCOCCOCCOCCOCCOCCOCCOCCOCCOCCOCCOCCNC(=O)CCN1C(=O)C=CC1=O. The fourth-order valence-electron chi connectivity index (χ4n) is 9.07. The molecule has 5 amide bonds. The molecule has 0 radical (unpaired) electrons. The third-order valence-corrected chi connectivity index (χ3v) is 14.5. The summed E-state index contributed by atoms with van der Waals surface area (Å²) in [5, 5.41) is 5.50. The van der Waals surface area contributed by atoms with E-state index in [1.165, 1.54) is 12.2 Å². The Bertz CT molecular complexity index is 2570. The third-order valence-electron chi connectivity index (χ3n) is 14.5. The average Bonchev–Trinajstić information content (AvgIpc) is 0.978. The van der Waals surface area contributed by atoms with Crippen molar-refractivity contribution in [1.29, 1.82) is 0 Å². The second-order valence-corrected chi connectivity index (χ2v) is 22.6. The van der Waals surface area contributed by atoms with E-state index in [1.54, 1.807) is 4.90 Å². The van der Waals surface area contributed by atoms with E-state index in [1.807, 2.05) is 48.5 Å². The molecule has 602 valence electrons. The van der Waals surface area contributed by atoms with E-state index in [2.05, 4.69) is 22.5 Å². The number of carbonyl (C=O) groups is 5. The van der Waals surface area contributed by atoms with Crippen LogP contribution in [0.2, 0.25) is 0 Å². The number of ether oxygens (including phenoxy) is 23. The molecule has 2 aromatic carbocycles. The number of hydrogen-bond donors (Lipinski definition) is 2. The average molecular weight is 1510 g/mol. The van der Waals surface area contributed by atoms with Crippen LogP contribution in [0.25, 0.3) is 0 Å². The van der Waals surface area contributed by atoms with Gasteiger partial charge in [0.2, 0.25) is 17.7 Å². The number of fused-ring (bicyclic) bond motifs is 2. The van der Waals surface area contributed by atoms with Gasteiger partial charge in [-0.05, 0) is 23.8 Å². The Hall–Kier alpha value is -5.63. The van der Waals surface area contributed by atoms with Crippen molar-refractivity contribution in [3.05, 3.63) is 77.4 Å². The van der Waals surface area contributed by atoms with Crippen molar-refractivity contribution >= 4 is 35.2 Å². The summed E-state index contributed by atoms with van der Waals surface area (Å²) in [7, 11) is 0. The van der Waals surface area contributed by atoms with Crippen molar-refractivity contribution in [2.24, 2.45) is 0 Å². The quantitative estimate of drug-likeness (QED) is 0.0540. The van der Waals surface area contributed by atoms with Gasteiger partial charge in [0.15, 0.2) is 0 Å². The molecular formula is C74H118N4O28. The van der Waals surface area contributed by atoms with E-state index in [0.29, 0.717) is 324 Å². The summed E-state index contributed by atoms with van der Waals surface area (Å²) >= 11 is 0. The Morgan fingerprint density at radius 1 is 0.292 bits per heavy atom. The van der Waals surface area contributed by atoms with Crippen molar-refractivity contribution in [2.45, 2.75) is 25.8 Å². The fraction of sp³-hybridized carbons (Fsp3) is 0.716. The number of rotatable bonds is 78. The molecule has 0 aromatic heterocycles. The highest BCUT2D eigenvalue weighted by Gasteiger charge is 2.24. The van der Waals surface area contributed by atoms with Crippen molar-refractivity contribution in [3.8, 4) is 11.8 Å². The number of nitrogens with zero attached hydrogens (tertiary/aromatic N) is 2. The van der Waals surface area contributed by atoms with Gasteiger partial charge in [0.25, 0.3) is 11.8 Å². The third kappa shape index (κ3) is 53.2. The van der Waals surface area contributed by atoms with Crippen LogP contribution in [0.1, 0.15) is 36.0 Å². The van der Waals surface area contributed by atoms with Gasteiger partial charge in [0.05, 0.1) is 316 Å². The van der Waals surface area contributed by atoms with Crippen LogP contribution in [0.3, 0.4) is 0 Å². The molecule has 2 aromatic rings. The molecule has 0 fully saturated rings. The number of para-hydroxylation sites is 1. The lowest BCUT2D eigenvalue weighted by Gasteiger charge is -2.26. The van der Waals surface area contributed by atoms with Gasteiger partial charge in [-0.2, -0.15) is 0 Å². The van der Waals surface area contributed by atoms with Crippen LogP contribution in [0.5, 0.6) is 0 Å². The van der Waals surface area contributed by atoms with E-state index in [9.17, 15) is 24.0 Å². The minimum absolute atomic E-state index is 0.0424. The lowest BCUT2D eigenvalue weighted by molar-refractivity contribution is -0.137. The van der Waals surface area contributed by atoms with E-state index in [0.717, 1.165) is 27.3 Å². The summed E-state index contributed by atoms with van der Waals surface area (Å²) in [6.45, 7) is 21.7. The summed E-state index contributed by atoms with van der Waals surface area (Å²) in [6.07, 6.45) is 2.58. The Kier molecular flexibility index (Phi) is 61.1. The van der Waals surface area contributed by atoms with E-state index >= 15 is 0 Å². The van der Waals surface area contributed by atoms with Crippen molar-refractivity contribution in [3.63, 3.8) is 0 Å². The molecule has 2 heterocycles. The molecule has 32 nitrogen and oxygen atoms in total. The molecule has 2 aliphatic rings. The molecule has 0 spiro atoms. The Balaban J connectivity index is 0.702. The van der Waals surface area contributed by atoms with Gasteiger partial charge >= 0.3 is 0 Å². The van der Waals surface area contributed by atoms with E-state index < -0.39 is 11.8 Å². The number of carbonyl (C=O) groups excluding carboxylic acids is 5. The highest BCUT2D eigenvalue weighted by atomic mass is 16.6. The van der Waals surface area contributed by atoms with Crippen LogP contribution in [0, 0.1) is 11.8 Å². The number of nitrogens with one attached hydrogen (secondary N) is 2. The monoisotopic (exact) mass is 1510 g/mol. The number of benzene rings is 2. The molecule has 2 N–H and O–H groups in total. The second kappa shape index (κ2) is 69.8. The van der Waals surface area contributed by atoms with Crippen LogP contribution < -0.4 is 15.5 Å². The lowest BCUT2D eigenvalue weighted by Crippen LogP contribution is -2.35. The summed E-state index contributed by atoms with van der Waals surface area (Å²) < 4.78 is 127. The zero-order valence-corrected chi connectivity index (χ0v) is 62.1. The zero-order chi connectivity index (χ0) is 75.0. The predicted molar refractivity (Wildman–Crippen MR) is 385 cm³/mol. The second-order valence-electron chi connectivity index (χ2n) is 22.6. The largest absolute Gasteiger partial charge is 0.377 e. The standard InChI is InChI=1S/C74H118N4O28/c79-70(11-12-74(83)78-65-68-7-2-1-5-66(68)9-10-67-6-3-4-8-69(67)78)75-16-19-84-21-23-86-25-27-88-29-31-90-33-35-92-37-39-94-41-43-96-45-47-98-49-51-100-53-55-102-57-59-104-61-63-106-64-62-105-60-58-103-56-54-101-52-50-99-48-46-97-44-42-95-40-38-93-36-34-91-32-30-89-28-26-87-24-22-85-20-17-76-71(80)15-18-77-72(81)13-14-73(77)82/h1-8,13-14H,11-12,15-65H2,(H,75,79)(H,76,80). The van der Waals surface area contributed by atoms with Crippen LogP contribution in [0.4, 0.5) is 5.69 Å². The molecule has 0 atom stereocenters. The number of hydrogen-bond acceptors (Lipinski definition) is 28. The maximum absolute atomic E-state index is 13.4. The van der Waals surface area contributed by atoms with Crippen molar-refractivity contribution < 1.29 is 133 Å². The van der Waals surface area contributed by atoms with Crippen LogP contribution in [-0.2, 0) is 139 Å². The molecule has 2 aliphatic heterocycles. The summed E-state index contributed by atoms with van der Waals surface area (Å²) in [5.41, 5.74) is 3.38. The Morgan fingerprint density at radius 2 is 0.528 bits per heavy atom. The normalized spacial score (nSPS) is 12.6. The molecule has 0 bridgehead atoms. The maximum Gasteiger partial charge on any atom is 0.253 e. The van der Waals surface area contributed by atoms with Crippen LogP contribution >= 0.6 is 0 Å². The highest BCUT2D eigenvalue weighted by molar-refractivity contribution is 6.13. The molecule has 106 heavy (non-hydrogen) atoms. The first-order valence-electron chi connectivity index (χ1n) is 36.8. The first-order chi connectivity index (χ1) is 52.4. The first kappa shape index (κ1) is 92.8. The van der Waals surface area contributed by atoms with Crippen LogP contribution in [0.15, 0.2) is 60.7 Å². The minimum atomic E-state index is -0.404. The summed E-state index contributed by atoms with van der Waals surface area (Å²) in [6, 6.07) is 15.4. The van der Waals surface area contributed by atoms with Gasteiger partial charge in [-0.3, -0.25) is 28.9 Å². The van der Waals surface area contributed by atoms with E-state index in [4.69, 9.17) is 109 Å². The van der Waals surface area contributed by atoms with Crippen LogP contribution in [-0.4, -0.2) is 358 Å². The molecule has 0 saturated carbocycles. The van der Waals surface area contributed by atoms with E-state index in [-0.39, 0.29) is 43.5 Å². The number of imide groups is 1. The molecule has 0 unspecified atom stereocenters. The topological polar surface area (TPSA) is 328 Å². The number of anilines is 1. The molecule has 0 saturated heterocycles. The number of amides is 5. The maximum atomic E-state index is 13.4. The zero-order valence-electron chi connectivity index (χ0n) is 62.1. The van der Waals surface area contributed by atoms with Gasteiger partial charge in [-0.1, -0.05) is 42.2 Å². The molecular weight excluding hydrogens is 1390 g/mol. The van der Waals surface area contributed by atoms with Crippen molar-refractivity contribution in [1.82, 2.24) is 15.5 Å². The van der Waals surface area contributed by atoms with Gasteiger partial charge in [0, 0.05) is 62.2 Å². The molecule has 0 aliphatic carbocycles. The first-order valence-corrected chi connectivity index (χ1v) is 36.8. The Morgan fingerprint density at radius 3 is 0.821 bits per heavy atom.